The first-order chi connectivity index (χ1) is 12.9. The average Bonchev–Trinajstić information content (AvgIpc) is 2.97. The lowest BCUT2D eigenvalue weighted by Gasteiger charge is -2.28. The molecule has 3 heterocycles. The summed E-state index contributed by atoms with van der Waals surface area (Å²) >= 11 is 0. The zero-order valence-corrected chi connectivity index (χ0v) is 14.5. The number of pyridine rings is 1. The zero-order valence-electron chi connectivity index (χ0n) is 14.5. The molecule has 0 aliphatic carbocycles. The lowest BCUT2D eigenvalue weighted by molar-refractivity contribution is -0.923. The molecule has 0 saturated carbocycles. The molecule has 2 aromatic heterocycles. The number of rotatable bonds is 3. The highest BCUT2D eigenvalue weighted by Crippen LogP contribution is 2.28. The fraction of sp³-hybridized carbons (Fsp3) is 0.333. The van der Waals surface area contributed by atoms with E-state index in [-0.39, 0.29) is 5.69 Å². The first-order valence-electron chi connectivity index (χ1n) is 8.77. The van der Waals surface area contributed by atoms with Gasteiger partial charge in [-0.2, -0.15) is 13.2 Å². The standard InChI is InChI=1S/C18H18F3N5O/c19-18(20,21)13-5-6-16(22-11-13)25-9-7-24(8-10-25)12-26-15-4-2-1-3-14(15)23-17(26)27/h1-6,11H,7-10,12H2,(H,23,27)/p+2. The molecule has 1 aliphatic rings. The number of nitrogens with zero attached hydrogens (tertiary/aromatic N) is 2. The predicted octanol–water partition coefficient (Wildman–Crippen LogP) is 0.525. The minimum atomic E-state index is -4.34. The van der Waals surface area contributed by atoms with Gasteiger partial charge in [-0.05, 0) is 18.2 Å². The largest absolute Gasteiger partial charge is 0.419 e. The van der Waals surface area contributed by atoms with Crippen molar-refractivity contribution < 1.29 is 23.1 Å². The van der Waals surface area contributed by atoms with Crippen LogP contribution in [0, 0.1) is 0 Å². The van der Waals surface area contributed by atoms with E-state index in [0.717, 1.165) is 36.4 Å². The van der Waals surface area contributed by atoms with Crippen LogP contribution in [-0.4, -0.2) is 35.7 Å². The molecule has 0 amide bonds. The summed E-state index contributed by atoms with van der Waals surface area (Å²) in [6, 6.07) is 10.1. The van der Waals surface area contributed by atoms with Crippen molar-refractivity contribution in [3.05, 3.63) is 58.6 Å². The Morgan fingerprint density at radius 2 is 1.85 bits per heavy atom. The summed E-state index contributed by atoms with van der Waals surface area (Å²) in [5, 5.41) is 0. The van der Waals surface area contributed by atoms with Crippen LogP contribution in [0.25, 0.3) is 11.0 Å². The predicted molar refractivity (Wildman–Crippen MR) is 93.5 cm³/mol. The van der Waals surface area contributed by atoms with E-state index in [2.05, 4.69) is 9.97 Å². The first kappa shape index (κ1) is 17.6. The maximum absolute atomic E-state index is 12.7. The third-order valence-electron chi connectivity index (χ3n) is 5.00. The average molecular weight is 379 g/mol. The van der Waals surface area contributed by atoms with Crippen LogP contribution in [0.1, 0.15) is 5.56 Å². The van der Waals surface area contributed by atoms with Gasteiger partial charge in [0.1, 0.15) is 32.4 Å². The second-order valence-electron chi connectivity index (χ2n) is 6.73. The second-order valence-corrected chi connectivity index (χ2v) is 6.73. The van der Waals surface area contributed by atoms with Crippen molar-refractivity contribution in [3.8, 4) is 0 Å². The topological polar surface area (TPSA) is 59.6 Å². The number of anilines is 1. The number of piperazine rings is 1. The van der Waals surface area contributed by atoms with Gasteiger partial charge in [0, 0.05) is 6.07 Å². The van der Waals surface area contributed by atoms with Crippen LogP contribution in [0.2, 0.25) is 0 Å². The number of H-pyrrole nitrogens is 2. The molecule has 3 aromatic rings. The van der Waals surface area contributed by atoms with E-state index in [4.69, 9.17) is 0 Å². The van der Waals surface area contributed by atoms with Crippen molar-refractivity contribution in [1.29, 1.82) is 0 Å². The van der Waals surface area contributed by atoms with Crippen LogP contribution in [0.5, 0.6) is 0 Å². The number of nitrogens with one attached hydrogen (secondary N) is 3. The van der Waals surface area contributed by atoms with Crippen LogP contribution in [-0.2, 0) is 12.8 Å². The van der Waals surface area contributed by atoms with Crippen molar-refractivity contribution in [3.63, 3.8) is 0 Å². The molecule has 0 atom stereocenters. The van der Waals surface area contributed by atoms with E-state index in [0.29, 0.717) is 25.6 Å². The number of quaternary nitrogens is 1. The lowest BCUT2D eigenvalue weighted by Crippen LogP contribution is -3.14. The normalized spacial score (nSPS) is 16.2. The van der Waals surface area contributed by atoms with Gasteiger partial charge in [-0.3, -0.25) is 4.90 Å². The van der Waals surface area contributed by atoms with Crippen molar-refractivity contribution in [2.24, 2.45) is 0 Å². The van der Waals surface area contributed by atoms with Gasteiger partial charge in [0.2, 0.25) is 0 Å². The summed E-state index contributed by atoms with van der Waals surface area (Å²) < 4.78 is 39.7. The SMILES string of the molecule is O=c1[nH]c2ccccc2n1C[NH+]1CCN(c2ccc(C(F)(F)F)c[nH+]2)CC1. The van der Waals surface area contributed by atoms with E-state index < -0.39 is 11.7 Å². The molecule has 1 saturated heterocycles. The third kappa shape index (κ3) is 3.55. The number of para-hydroxylation sites is 2. The monoisotopic (exact) mass is 379 g/mol. The Morgan fingerprint density at radius 1 is 1.11 bits per heavy atom. The number of imidazole rings is 1. The molecule has 0 unspecified atom stereocenters. The Balaban J connectivity index is 1.42. The molecular weight excluding hydrogens is 359 g/mol. The summed E-state index contributed by atoms with van der Waals surface area (Å²) in [5.41, 5.74) is 0.893. The maximum atomic E-state index is 12.7. The molecule has 1 fully saturated rings. The van der Waals surface area contributed by atoms with Gasteiger partial charge in [-0.1, -0.05) is 12.1 Å². The van der Waals surface area contributed by atoms with Gasteiger partial charge >= 0.3 is 11.9 Å². The quantitative estimate of drug-likeness (QED) is 0.697. The molecule has 4 rings (SSSR count). The molecule has 0 spiro atoms. The molecule has 0 bridgehead atoms. The Kier molecular flexibility index (Phi) is 4.39. The second kappa shape index (κ2) is 6.73. The molecule has 142 valence electrons. The Bertz CT molecular complexity index is 985. The number of benzene rings is 1. The van der Waals surface area contributed by atoms with Crippen LogP contribution in [0.15, 0.2) is 47.4 Å². The van der Waals surface area contributed by atoms with E-state index in [9.17, 15) is 18.0 Å². The fourth-order valence-electron chi connectivity index (χ4n) is 3.50. The highest BCUT2D eigenvalue weighted by atomic mass is 19.4. The van der Waals surface area contributed by atoms with Gasteiger partial charge in [-0.25, -0.2) is 14.3 Å². The molecule has 6 nitrogen and oxygen atoms in total. The Morgan fingerprint density at radius 3 is 2.52 bits per heavy atom. The number of alkyl halides is 3. The number of hydrogen-bond acceptors (Lipinski definition) is 2. The van der Waals surface area contributed by atoms with Gasteiger partial charge in [0.05, 0.1) is 16.6 Å². The van der Waals surface area contributed by atoms with Crippen LogP contribution < -0.4 is 20.5 Å². The molecule has 9 heteroatoms. The van der Waals surface area contributed by atoms with Gasteiger partial charge < -0.3 is 9.88 Å². The summed E-state index contributed by atoms with van der Waals surface area (Å²) in [4.78, 5) is 21.1. The summed E-state index contributed by atoms with van der Waals surface area (Å²) in [5.74, 6) is 0.673. The van der Waals surface area contributed by atoms with E-state index in [1.165, 1.54) is 11.0 Å². The van der Waals surface area contributed by atoms with Crippen molar-refractivity contribution in [2.75, 3.05) is 31.1 Å². The number of aromatic nitrogens is 3. The van der Waals surface area contributed by atoms with Crippen molar-refractivity contribution in [1.82, 2.24) is 9.55 Å². The fourth-order valence-corrected chi connectivity index (χ4v) is 3.50. The summed E-state index contributed by atoms with van der Waals surface area (Å²) in [6.45, 7) is 3.55. The van der Waals surface area contributed by atoms with Gasteiger partial charge in [0.15, 0.2) is 6.67 Å². The molecule has 0 radical (unpaired) electrons. The summed E-state index contributed by atoms with van der Waals surface area (Å²) in [7, 11) is 0. The lowest BCUT2D eigenvalue weighted by atomic mass is 10.2. The highest BCUT2D eigenvalue weighted by molar-refractivity contribution is 5.74. The van der Waals surface area contributed by atoms with E-state index >= 15 is 0 Å². The zero-order chi connectivity index (χ0) is 19.0. The van der Waals surface area contributed by atoms with Crippen LogP contribution in [0.4, 0.5) is 19.0 Å². The maximum Gasteiger partial charge on any atom is 0.419 e. The number of fused-ring (bicyclic) bond motifs is 1. The highest BCUT2D eigenvalue weighted by Gasteiger charge is 2.33. The van der Waals surface area contributed by atoms with Gasteiger partial charge in [0.25, 0.3) is 5.82 Å². The molecule has 27 heavy (non-hydrogen) atoms. The third-order valence-corrected chi connectivity index (χ3v) is 5.00. The number of halogens is 3. The number of hydrogen-bond donors (Lipinski definition) is 2. The minimum Gasteiger partial charge on any atom is -0.311 e. The first-order valence-corrected chi connectivity index (χ1v) is 8.77. The Hall–Kier alpha value is -2.81. The van der Waals surface area contributed by atoms with Crippen LogP contribution >= 0.6 is 0 Å². The minimum absolute atomic E-state index is 0.123. The van der Waals surface area contributed by atoms with Crippen LogP contribution in [0.3, 0.4) is 0 Å². The molecule has 1 aliphatic heterocycles. The number of aromatic amines is 2. The molecule has 1 aromatic carbocycles. The van der Waals surface area contributed by atoms with E-state index in [1.807, 2.05) is 29.2 Å². The van der Waals surface area contributed by atoms with Gasteiger partial charge in [-0.15, -0.1) is 0 Å². The Labute approximate surface area is 152 Å². The smallest absolute Gasteiger partial charge is 0.311 e. The van der Waals surface area contributed by atoms with Crippen molar-refractivity contribution in [2.45, 2.75) is 12.8 Å². The molecular formula is C18H20F3N5O+2. The molecule has 3 N–H and O–H groups in total. The summed E-state index contributed by atoms with van der Waals surface area (Å²) in [6.07, 6.45) is -3.34. The van der Waals surface area contributed by atoms with E-state index in [1.54, 1.807) is 4.57 Å². The van der Waals surface area contributed by atoms with Crippen molar-refractivity contribution >= 4 is 16.9 Å².